The molecule has 1 aromatic carbocycles. The topological polar surface area (TPSA) is 49.8 Å². The average molecular weight is 215 g/mol. The molecule has 82 valence electrons. The minimum Gasteiger partial charge on any atom is -0.305 e. The Bertz CT molecular complexity index is 594. The van der Waals surface area contributed by atoms with Gasteiger partial charge in [0, 0.05) is 6.54 Å². The number of hydrogen-bond donors (Lipinski definition) is 2. The lowest BCUT2D eigenvalue weighted by Gasteiger charge is -2.20. The molecule has 1 unspecified atom stereocenters. The molecule has 2 N–H and O–H groups in total. The van der Waals surface area contributed by atoms with Gasteiger partial charge in [-0.05, 0) is 18.6 Å². The second-order valence-electron chi connectivity index (χ2n) is 3.95. The smallest absolute Gasteiger partial charge is 0.305 e. The van der Waals surface area contributed by atoms with E-state index in [0.717, 1.165) is 24.0 Å². The van der Waals surface area contributed by atoms with Crippen LogP contribution in [-0.4, -0.2) is 16.1 Å². The zero-order chi connectivity index (χ0) is 11.0. The third-order valence-corrected chi connectivity index (χ3v) is 2.93. The van der Waals surface area contributed by atoms with Crippen molar-refractivity contribution in [3.05, 3.63) is 46.9 Å². The molecule has 3 rings (SSSR count). The highest BCUT2D eigenvalue weighted by molar-refractivity contribution is 5.75. The quantitative estimate of drug-likeness (QED) is 0.706. The number of aromatic nitrogens is 2. The largest absolute Gasteiger partial charge is 0.327 e. The Morgan fingerprint density at radius 2 is 2.12 bits per heavy atom. The number of imidazole rings is 1. The van der Waals surface area contributed by atoms with Crippen molar-refractivity contribution >= 4 is 11.0 Å². The number of aromatic amines is 1. The molecule has 4 nitrogen and oxygen atoms in total. The van der Waals surface area contributed by atoms with Gasteiger partial charge in [-0.25, -0.2) is 4.79 Å². The SMILES string of the molecule is O=c1[nH]c2ccccc2n1C1CC=CCN1. The normalized spacial score (nSPS) is 20.4. The van der Waals surface area contributed by atoms with E-state index in [0.29, 0.717) is 0 Å². The number of nitrogens with zero attached hydrogens (tertiary/aromatic N) is 1. The summed E-state index contributed by atoms with van der Waals surface area (Å²) in [5.41, 5.74) is 1.80. The third kappa shape index (κ3) is 1.39. The van der Waals surface area contributed by atoms with Crippen molar-refractivity contribution in [3.63, 3.8) is 0 Å². The molecular weight excluding hydrogens is 202 g/mol. The maximum atomic E-state index is 11.9. The highest BCUT2D eigenvalue weighted by Gasteiger charge is 2.16. The van der Waals surface area contributed by atoms with Gasteiger partial charge >= 0.3 is 5.69 Å². The van der Waals surface area contributed by atoms with Crippen LogP contribution in [0.2, 0.25) is 0 Å². The van der Waals surface area contributed by atoms with Crippen LogP contribution in [0, 0.1) is 0 Å². The second kappa shape index (κ2) is 3.64. The molecule has 0 saturated carbocycles. The molecular formula is C12H13N3O. The zero-order valence-electron chi connectivity index (χ0n) is 8.81. The first-order chi connectivity index (χ1) is 7.86. The first-order valence-corrected chi connectivity index (χ1v) is 5.44. The summed E-state index contributed by atoms with van der Waals surface area (Å²) in [6.07, 6.45) is 5.10. The van der Waals surface area contributed by atoms with E-state index in [-0.39, 0.29) is 11.9 Å². The van der Waals surface area contributed by atoms with Crippen molar-refractivity contribution in [2.45, 2.75) is 12.6 Å². The van der Waals surface area contributed by atoms with E-state index in [1.807, 2.05) is 24.3 Å². The molecule has 0 spiro atoms. The third-order valence-electron chi connectivity index (χ3n) is 2.93. The zero-order valence-corrected chi connectivity index (χ0v) is 8.81. The van der Waals surface area contributed by atoms with Crippen molar-refractivity contribution < 1.29 is 0 Å². The Morgan fingerprint density at radius 3 is 2.94 bits per heavy atom. The Balaban J connectivity index is 2.18. The Hall–Kier alpha value is -1.81. The standard InChI is InChI=1S/C12H13N3O/c16-12-14-9-5-1-2-6-10(9)15(12)11-7-3-4-8-13-11/h1-6,11,13H,7-8H2,(H,14,16). The van der Waals surface area contributed by atoms with Gasteiger partial charge < -0.3 is 4.98 Å². The van der Waals surface area contributed by atoms with Crippen molar-refractivity contribution in [2.24, 2.45) is 0 Å². The monoisotopic (exact) mass is 215 g/mol. The first-order valence-electron chi connectivity index (χ1n) is 5.44. The van der Waals surface area contributed by atoms with Crippen LogP contribution in [0.3, 0.4) is 0 Å². The van der Waals surface area contributed by atoms with Gasteiger partial charge in [0.25, 0.3) is 0 Å². The predicted octanol–water partition coefficient (Wildman–Crippen LogP) is 1.38. The minimum absolute atomic E-state index is 0.0472. The van der Waals surface area contributed by atoms with E-state index < -0.39 is 0 Å². The number of para-hydroxylation sites is 2. The molecule has 1 aromatic heterocycles. The first kappa shape index (κ1) is 9.42. The molecule has 1 aliphatic heterocycles. The lowest BCUT2D eigenvalue weighted by molar-refractivity contribution is 0.413. The van der Waals surface area contributed by atoms with E-state index in [1.165, 1.54) is 0 Å². The van der Waals surface area contributed by atoms with Gasteiger partial charge in [0.1, 0.15) is 0 Å². The van der Waals surface area contributed by atoms with Gasteiger partial charge in [0.2, 0.25) is 0 Å². The molecule has 16 heavy (non-hydrogen) atoms. The van der Waals surface area contributed by atoms with Crippen molar-refractivity contribution in [1.82, 2.24) is 14.9 Å². The van der Waals surface area contributed by atoms with Crippen LogP contribution in [0.4, 0.5) is 0 Å². The van der Waals surface area contributed by atoms with E-state index in [9.17, 15) is 4.79 Å². The Labute approximate surface area is 92.6 Å². The van der Waals surface area contributed by atoms with Gasteiger partial charge in [-0.3, -0.25) is 9.88 Å². The predicted molar refractivity (Wildman–Crippen MR) is 63.4 cm³/mol. The number of hydrogen-bond acceptors (Lipinski definition) is 2. The molecule has 0 aliphatic carbocycles. The number of H-pyrrole nitrogens is 1. The number of nitrogens with one attached hydrogen (secondary N) is 2. The van der Waals surface area contributed by atoms with E-state index in [4.69, 9.17) is 0 Å². The molecule has 0 fully saturated rings. The highest BCUT2D eigenvalue weighted by atomic mass is 16.1. The second-order valence-corrected chi connectivity index (χ2v) is 3.95. The van der Waals surface area contributed by atoms with Crippen LogP contribution in [0.5, 0.6) is 0 Å². The van der Waals surface area contributed by atoms with Crippen molar-refractivity contribution in [1.29, 1.82) is 0 Å². The lowest BCUT2D eigenvalue weighted by atomic mass is 10.2. The van der Waals surface area contributed by atoms with E-state index >= 15 is 0 Å². The Morgan fingerprint density at radius 1 is 1.25 bits per heavy atom. The van der Waals surface area contributed by atoms with Crippen LogP contribution >= 0.6 is 0 Å². The Kier molecular flexibility index (Phi) is 2.15. The van der Waals surface area contributed by atoms with Gasteiger partial charge in [-0.15, -0.1) is 0 Å². The van der Waals surface area contributed by atoms with Gasteiger partial charge in [0.15, 0.2) is 0 Å². The molecule has 2 heterocycles. The van der Waals surface area contributed by atoms with Crippen molar-refractivity contribution in [2.75, 3.05) is 6.54 Å². The molecule has 0 amide bonds. The fourth-order valence-corrected chi connectivity index (χ4v) is 2.18. The highest BCUT2D eigenvalue weighted by Crippen LogP contribution is 2.17. The van der Waals surface area contributed by atoms with E-state index in [1.54, 1.807) is 4.57 Å². The molecule has 0 saturated heterocycles. The number of rotatable bonds is 1. The fraction of sp³-hybridized carbons (Fsp3) is 0.250. The van der Waals surface area contributed by atoms with Crippen LogP contribution in [-0.2, 0) is 0 Å². The van der Waals surface area contributed by atoms with Crippen LogP contribution < -0.4 is 11.0 Å². The molecule has 0 radical (unpaired) electrons. The number of benzene rings is 1. The molecule has 1 aliphatic rings. The lowest BCUT2D eigenvalue weighted by Crippen LogP contribution is -2.34. The summed E-state index contributed by atoms with van der Waals surface area (Å²) < 4.78 is 1.79. The van der Waals surface area contributed by atoms with Gasteiger partial charge in [-0.2, -0.15) is 0 Å². The van der Waals surface area contributed by atoms with Crippen molar-refractivity contribution in [3.8, 4) is 0 Å². The summed E-state index contributed by atoms with van der Waals surface area (Å²) in [4.78, 5) is 14.7. The molecule has 1 atom stereocenters. The molecule has 2 aromatic rings. The summed E-state index contributed by atoms with van der Waals surface area (Å²) in [6.45, 7) is 0.816. The molecule has 4 heteroatoms. The maximum absolute atomic E-state index is 11.9. The van der Waals surface area contributed by atoms with Gasteiger partial charge in [-0.1, -0.05) is 24.3 Å². The fourth-order valence-electron chi connectivity index (χ4n) is 2.18. The maximum Gasteiger partial charge on any atom is 0.327 e. The van der Waals surface area contributed by atoms with E-state index in [2.05, 4.69) is 22.5 Å². The van der Waals surface area contributed by atoms with Crippen LogP contribution in [0.15, 0.2) is 41.2 Å². The summed E-state index contributed by atoms with van der Waals surface area (Å²) >= 11 is 0. The summed E-state index contributed by atoms with van der Waals surface area (Å²) in [6, 6.07) is 7.76. The van der Waals surface area contributed by atoms with Crippen LogP contribution in [0.1, 0.15) is 12.6 Å². The summed E-state index contributed by atoms with van der Waals surface area (Å²) in [7, 11) is 0. The number of fused-ring (bicyclic) bond motifs is 1. The van der Waals surface area contributed by atoms with Gasteiger partial charge in [0.05, 0.1) is 17.2 Å². The summed E-state index contributed by atoms with van der Waals surface area (Å²) in [5.74, 6) is 0. The summed E-state index contributed by atoms with van der Waals surface area (Å²) in [5, 5.41) is 3.31. The average Bonchev–Trinajstić information content (AvgIpc) is 2.66. The molecule has 0 bridgehead atoms. The minimum atomic E-state index is -0.0472. The van der Waals surface area contributed by atoms with Crippen LogP contribution in [0.25, 0.3) is 11.0 Å².